The minimum atomic E-state index is -0.229. The maximum atomic E-state index is 5.12. The van der Waals surface area contributed by atoms with Gasteiger partial charge in [0.2, 0.25) is 0 Å². The Balaban J connectivity index is 3.14. The molecule has 2 N–H and O–H groups in total. The molecule has 1 aromatic heterocycles. The number of nitrogens with zero attached hydrogens (tertiary/aromatic N) is 1. The summed E-state index contributed by atoms with van der Waals surface area (Å²) in [7, 11) is 1.58. The van der Waals surface area contributed by atoms with Crippen molar-refractivity contribution in [1.29, 1.82) is 0 Å². The molecule has 1 rings (SSSR count). The van der Waals surface area contributed by atoms with Crippen LogP contribution in [0.25, 0.3) is 0 Å². The fourth-order valence-electron chi connectivity index (χ4n) is 1.05. The molecule has 0 aliphatic heterocycles. The summed E-state index contributed by atoms with van der Waals surface area (Å²) in [6.07, 6.45) is 3.07. The largest absolute Gasteiger partial charge is 0.495 e. The van der Waals surface area contributed by atoms with Crippen LogP contribution in [0, 0.1) is 0 Å². The number of hydrogen-bond acceptors (Lipinski definition) is 4. The molecule has 0 spiro atoms. The van der Waals surface area contributed by atoms with Crippen LogP contribution in [0.3, 0.4) is 0 Å². The summed E-state index contributed by atoms with van der Waals surface area (Å²) in [6, 6.07) is 0. The standard InChI is InChI=1S/C8H11BrN2O2/c1-5(13-10)8-6(9)3-11-4-7(8)12-2/h3-5H,10H2,1-2H3. The second-order valence-corrected chi connectivity index (χ2v) is 3.37. The second kappa shape index (κ2) is 4.55. The van der Waals surface area contributed by atoms with Crippen LogP contribution in [0.5, 0.6) is 5.75 Å². The lowest BCUT2D eigenvalue weighted by Gasteiger charge is -2.14. The van der Waals surface area contributed by atoms with E-state index >= 15 is 0 Å². The number of rotatable bonds is 3. The molecule has 0 bridgehead atoms. The number of nitrogens with two attached hydrogens (primary N) is 1. The van der Waals surface area contributed by atoms with Gasteiger partial charge in [-0.2, -0.15) is 0 Å². The van der Waals surface area contributed by atoms with Gasteiger partial charge in [-0.25, -0.2) is 5.90 Å². The highest BCUT2D eigenvalue weighted by Gasteiger charge is 2.15. The molecular weight excluding hydrogens is 236 g/mol. The molecular formula is C8H11BrN2O2. The van der Waals surface area contributed by atoms with E-state index in [1.165, 1.54) is 0 Å². The predicted molar refractivity (Wildman–Crippen MR) is 52.2 cm³/mol. The van der Waals surface area contributed by atoms with Crippen LogP contribution in [-0.4, -0.2) is 12.1 Å². The summed E-state index contributed by atoms with van der Waals surface area (Å²) in [5, 5.41) is 0. The van der Waals surface area contributed by atoms with E-state index in [1.807, 2.05) is 6.92 Å². The van der Waals surface area contributed by atoms with E-state index in [1.54, 1.807) is 19.5 Å². The Morgan fingerprint density at radius 3 is 2.77 bits per heavy atom. The fraction of sp³-hybridized carbons (Fsp3) is 0.375. The van der Waals surface area contributed by atoms with Gasteiger partial charge < -0.3 is 4.74 Å². The van der Waals surface area contributed by atoms with Crippen molar-refractivity contribution in [2.24, 2.45) is 5.90 Å². The van der Waals surface area contributed by atoms with Crippen LogP contribution in [0.4, 0.5) is 0 Å². The highest BCUT2D eigenvalue weighted by atomic mass is 79.9. The molecule has 5 heteroatoms. The smallest absolute Gasteiger partial charge is 0.144 e. The molecule has 0 saturated carbocycles. The van der Waals surface area contributed by atoms with E-state index in [0.717, 1.165) is 10.0 Å². The molecule has 13 heavy (non-hydrogen) atoms. The molecule has 0 amide bonds. The average molecular weight is 247 g/mol. The molecule has 0 saturated heterocycles. The third-order valence-electron chi connectivity index (χ3n) is 1.73. The van der Waals surface area contributed by atoms with Gasteiger partial charge in [0.05, 0.1) is 13.3 Å². The Hall–Kier alpha value is -0.650. The van der Waals surface area contributed by atoms with Crippen molar-refractivity contribution in [3.63, 3.8) is 0 Å². The maximum absolute atomic E-state index is 5.12. The second-order valence-electron chi connectivity index (χ2n) is 2.52. The van der Waals surface area contributed by atoms with Gasteiger partial charge in [0, 0.05) is 16.2 Å². The zero-order chi connectivity index (χ0) is 9.84. The minimum absolute atomic E-state index is 0.229. The Labute approximate surface area is 85.1 Å². The van der Waals surface area contributed by atoms with E-state index in [9.17, 15) is 0 Å². The molecule has 1 aromatic rings. The summed E-state index contributed by atoms with van der Waals surface area (Å²) in [5.74, 6) is 5.76. The summed E-state index contributed by atoms with van der Waals surface area (Å²) < 4.78 is 5.94. The maximum Gasteiger partial charge on any atom is 0.144 e. The molecule has 0 fully saturated rings. The van der Waals surface area contributed by atoms with Crippen LogP contribution >= 0.6 is 15.9 Å². The van der Waals surface area contributed by atoms with E-state index in [2.05, 4.69) is 20.9 Å². The van der Waals surface area contributed by atoms with Crippen molar-refractivity contribution in [2.75, 3.05) is 7.11 Å². The van der Waals surface area contributed by atoms with Crippen LogP contribution in [0.15, 0.2) is 16.9 Å². The number of hydrogen-bond donors (Lipinski definition) is 1. The van der Waals surface area contributed by atoms with Gasteiger partial charge >= 0.3 is 0 Å². The Morgan fingerprint density at radius 2 is 2.23 bits per heavy atom. The lowest BCUT2D eigenvalue weighted by Crippen LogP contribution is -2.08. The van der Waals surface area contributed by atoms with Gasteiger partial charge in [-0.05, 0) is 22.9 Å². The third kappa shape index (κ3) is 2.18. The molecule has 0 radical (unpaired) electrons. The molecule has 1 atom stereocenters. The van der Waals surface area contributed by atoms with E-state index in [-0.39, 0.29) is 6.10 Å². The van der Waals surface area contributed by atoms with E-state index in [0.29, 0.717) is 5.75 Å². The molecule has 72 valence electrons. The summed E-state index contributed by atoms with van der Waals surface area (Å²) in [5.41, 5.74) is 0.861. The van der Waals surface area contributed by atoms with E-state index < -0.39 is 0 Å². The Kier molecular flexibility index (Phi) is 3.65. The van der Waals surface area contributed by atoms with Crippen molar-refractivity contribution < 1.29 is 9.57 Å². The third-order valence-corrected chi connectivity index (χ3v) is 2.36. The lowest BCUT2D eigenvalue weighted by atomic mass is 10.1. The SMILES string of the molecule is COc1cncc(Br)c1C(C)ON. The number of pyridine rings is 1. The number of halogens is 1. The summed E-state index contributed by atoms with van der Waals surface area (Å²) in [6.45, 7) is 1.84. The Morgan fingerprint density at radius 1 is 1.54 bits per heavy atom. The van der Waals surface area contributed by atoms with Gasteiger partial charge in [-0.15, -0.1) is 0 Å². The van der Waals surface area contributed by atoms with Gasteiger partial charge in [0.15, 0.2) is 0 Å². The molecule has 1 heterocycles. The van der Waals surface area contributed by atoms with Gasteiger partial charge in [-0.3, -0.25) is 9.82 Å². The number of aromatic nitrogens is 1. The van der Waals surface area contributed by atoms with Crippen molar-refractivity contribution in [1.82, 2.24) is 4.98 Å². The van der Waals surface area contributed by atoms with Crippen LogP contribution < -0.4 is 10.6 Å². The van der Waals surface area contributed by atoms with Crippen molar-refractivity contribution >= 4 is 15.9 Å². The van der Waals surface area contributed by atoms with Crippen LogP contribution in [-0.2, 0) is 4.84 Å². The first-order valence-corrected chi connectivity index (χ1v) is 4.53. The highest BCUT2D eigenvalue weighted by molar-refractivity contribution is 9.10. The Bertz CT molecular complexity index is 293. The highest BCUT2D eigenvalue weighted by Crippen LogP contribution is 2.32. The van der Waals surface area contributed by atoms with Crippen LogP contribution in [0.1, 0.15) is 18.6 Å². The topological polar surface area (TPSA) is 57.4 Å². The van der Waals surface area contributed by atoms with Gasteiger partial charge in [0.25, 0.3) is 0 Å². The van der Waals surface area contributed by atoms with E-state index in [4.69, 9.17) is 15.5 Å². The zero-order valence-electron chi connectivity index (χ0n) is 7.45. The first-order chi connectivity index (χ1) is 6.20. The molecule has 1 unspecified atom stereocenters. The first kappa shape index (κ1) is 10.4. The quantitative estimate of drug-likeness (QED) is 0.827. The summed E-state index contributed by atoms with van der Waals surface area (Å²) >= 11 is 3.35. The first-order valence-electron chi connectivity index (χ1n) is 3.73. The van der Waals surface area contributed by atoms with Crippen molar-refractivity contribution in [3.8, 4) is 5.75 Å². The molecule has 0 aliphatic carbocycles. The zero-order valence-corrected chi connectivity index (χ0v) is 9.04. The predicted octanol–water partition coefficient (Wildman–Crippen LogP) is 1.80. The fourth-order valence-corrected chi connectivity index (χ4v) is 1.69. The average Bonchev–Trinajstić information content (AvgIpc) is 2.16. The number of ether oxygens (including phenoxy) is 1. The lowest BCUT2D eigenvalue weighted by molar-refractivity contribution is 0.0640. The van der Waals surface area contributed by atoms with Gasteiger partial charge in [-0.1, -0.05) is 0 Å². The van der Waals surface area contributed by atoms with Crippen LogP contribution in [0.2, 0.25) is 0 Å². The monoisotopic (exact) mass is 246 g/mol. The normalized spacial score (nSPS) is 12.6. The summed E-state index contributed by atoms with van der Waals surface area (Å²) in [4.78, 5) is 8.69. The van der Waals surface area contributed by atoms with Crippen molar-refractivity contribution in [3.05, 3.63) is 22.4 Å². The minimum Gasteiger partial charge on any atom is -0.495 e. The number of methoxy groups -OCH3 is 1. The molecule has 0 aromatic carbocycles. The molecule has 0 aliphatic rings. The van der Waals surface area contributed by atoms with Crippen molar-refractivity contribution in [2.45, 2.75) is 13.0 Å². The molecule has 4 nitrogen and oxygen atoms in total. The van der Waals surface area contributed by atoms with Gasteiger partial charge in [0.1, 0.15) is 11.9 Å².